The molecule has 2 N–H and O–H groups in total. The van der Waals surface area contributed by atoms with Crippen LogP contribution in [0.1, 0.15) is 58.9 Å². The smallest absolute Gasteiger partial charge is 0.191 e. The maximum Gasteiger partial charge on any atom is 0.191 e. The lowest BCUT2D eigenvalue weighted by Crippen LogP contribution is -2.44. The Hall–Kier alpha value is -1.06. The number of aliphatic imine (C=N–C) groups is 1. The average molecular weight is 561 g/mol. The SMILES string of the molecule is CCNC(=NCC1(c2ccc(OC)cc2)CCOCC1)NC(C)CCCN(CC)CC.I. The van der Waals surface area contributed by atoms with E-state index in [9.17, 15) is 0 Å². The molecule has 1 aromatic rings. The molecule has 1 fully saturated rings. The van der Waals surface area contributed by atoms with Gasteiger partial charge in [-0.15, -0.1) is 24.0 Å². The Kier molecular flexibility index (Phi) is 14.2. The third-order valence-electron chi connectivity index (χ3n) is 6.43. The third kappa shape index (κ3) is 9.06. The molecule has 1 aromatic carbocycles. The number of hydrogen-bond acceptors (Lipinski definition) is 4. The molecule has 7 heteroatoms. The van der Waals surface area contributed by atoms with E-state index >= 15 is 0 Å². The zero-order chi connectivity index (χ0) is 22.5. The summed E-state index contributed by atoms with van der Waals surface area (Å²) in [6.07, 6.45) is 4.31. The Morgan fingerprint density at radius 3 is 2.38 bits per heavy atom. The van der Waals surface area contributed by atoms with Crippen LogP contribution in [0.5, 0.6) is 5.75 Å². The van der Waals surface area contributed by atoms with Crippen molar-refractivity contribution in [3.05, 3.63) is 29.8 Å². The molecule has 184 valence electrons. The summed E-state index contributed by atoms with van der Waals surface area (Å²) in [6, 6.07) is 8.88. The van der Waals surface area contributed by atoms with E-state index in [0.717, 1.165) is 76.9 Å². The van der Waals surface area contributed by atoms with Crippen LogP contribution in [0.25, 0.3) is 0 Å². The summed E-state index contributed by atoms with van der Waals surface area (Å²) >= 11 is 0. The predicted octanol–water partition coefficient (Wildman–Crippen LogP) is 4.43. The van der Waals surface area contributed by atoms with Crippen molar-refractivity contribution in [3.8, 4) is 5.75 Å². The van der Waals surface area contributed by atoms with Crippen LogP contribution in [-0.2, 0) is 10.2 Å². The van der Waals surface area contributed by atoms with E-state index in [1.807, 2.05) is 0 Å². The second-order valence-corrected chi connectivity index (χ2v) is 8.53. The minimum atomic E-state index is 0. The van der Waals surface area contributed by atoms with Crippen LogP contribution >= 0.6 is 24.0 Å². The molecule has 2 rings (SSSR count). The van der Waals surface area contributed by atoms with Gasteiger partial charge in [-0.2, -0.15) is 0 Å². The normalized spacial score (nSPS) is 16.9. The molecule has 0 aromatic heterocycles. The minimum absolute atomic E-state index is 0. The fraction of sp³-hybridized carbons (Fsp3) is 0.720. The van der Waals surface area contributed by atoms with E-state index in [0.29, 0.717) is 6.04 Å². The number of nitrogens with one attached hydrogen (secondary N) is 2. The van der Waals surface area contributed by atoms with Crippen molar-refractivity contribution in [3.63, 3.8) is 0 Å². The van der Waals surface area contributed by atoms with Crippen molar-refractivity contribution in [1.82, 2.24) is 15.5 Å². The number of benzene rings is 1. The minimum Gasteiger partial charge on any atom is -0.497 e. The van der Waals surface area contributed by atoms with Crippen LogP contribution in [0.2, 0.25) is 0 Å². The Labute approximate surface area is 212 Å². The Balaban J connectivity index is 0.00000512. The third-order valence-corrected chi connectivity index (χ3v) is 6.43. The fourth-order valence-electron chi connectivity index (χ4n) is 4.26. The summed E-state index contributed by atoms with van der Waals surface area (Å²) < 4.78 is 11.0. The highest BCUT2D eigenvalue weighted by Gasteiger charge is 2.34. The van der Waals surface area contributed by atoms with E-state index in [1.165, 1.54) is 12.0 Å². The van der Waals surface area contributed by atoms with Crippen LogP contribution in [-0.4, -0.2) is 69.9 Å². The maximum absolute atomic E-state index is 5.68. The monoisotopic (exact) mass is 560 g/mol. The van der Waals surface area contributed by atoms with Gasteiger partial charge in [-0.05, 0) is 76.9 Å². The van der Waals surface area contributed by atoms with Crippen LogP contribution in [0.15, 0.2) is 29.3 Å². The van der Waals surface area contributed by atoms with Gasteiger partial charge in [-0.1, -0.05) is 26.0 Å². The number of halogens is 1. The van der Waals surface area contributed by atoms with Crippen molar-refractivity contribution in [1.29, 1.82) is 0 Å². The molecule has 0 radical (unpaired) electrons. The quantitative estimate of drug-likeness (QED) is 0.225. The Morgan fingerprint density at radius 1 is 1.16 bits per heavy atom. The highest BCUT2D eigenvalue weighted by molar-refractivity contribution is 14.0. The van der Waals surface area contributed by atoms with Gasteiger partial charge in [0.2, 0.25) is 0 Å². The number of guanidine groups is 1. The van der Waals surface area contributed by atoms with Crippen molar-refractivity contribution in [2.75, 3.05) is 53.0 Å². The van der Waals surface area contributed by atoms with E-state index in [2.05, 4.69) is 67.5 Å². The van der Waals surface area contributed by atoms with Gasteiger partial charge in [-0.25, -0.2) is 0 Å². The zero-order valence-corrected chi connectivity index (χ0v) is 23.1. The van der Waals surface area contributed by atoms with Gasteiger partial charge < -0.3 is 25.0 Å². The van der Waals surface area contributed by atoms with E-state index in [-0.39, 0.29) is 29.4 Å². The van der Waals surface area contributed by atoms with Gasteiger partial charge in [-0.3, -0.25) is 4.99 Å². The van der Waals surface area contributed by atoms with Gasteiger partial charge in [0.15, 0.2) is 5.96 Å². The topological polar surface area (TPSA) is 58.1 Å². The molecule has 1 heterocycles. The molecule has 0 saturated carbocycles. The molecule has 0 amide bonds. The lowest BCUT2D eigenvalue weighted by atomic mass is 9.74. The van der Waals surface area contributed by atoms with Crippen molar-refractivity contribution in [2.45, 2.75) is 64.8 Å². The van der Waals surface area contributed by atoms with Gasteiger partial charge in [0.05, 0.1) is 13.7 Å². The number of rotatable bonds is 12. The molecule has 1 unspecified atom stereocenters. The fourth-order valence-corrected chi connectivity index (χ4v) is 4.26. The van der Waals surface area contributed by atoms with Crippen LogP contribution in [0.4, 0.5) is 0 Å². The second-order valence-electron chi connectivity index (χ2n) is 8.53. The molecular weight excluding hydrogens is 515 g/mol. The van der Waals surface area contributed by atoms with Crippen molar-refractivity contribution < 1.29 is 9.47 Å². The van der Waals surface area contributed by atoms with Gasteiger partial charge >= 0.3 is 0 Å². The summed E-state index contributed by atoms with van der Waals surface area (Å²) in [7, 11) is 1.71. The first-order valence-corrected chi connectivity index (χ1v) is 12.1. The second kappa shape index (κ2) is 15.7. The number of hydrogen-bond donors (Lipinski definition) is 2. The summed E-state index contributed by atoms with van der Waals surface area (Å²) in [5.74, 6) is 1.81. The highest BCUT2D eigenvalue weighted by atomic mass is 127. The summed E-state index contributed by atoms with van der Waals surface area (Å²) in [4.78, 5) is 7.52. The first-order chi connectivity index (χ1) is 15.1. The summed E-state index contributed by atoms with van der Waals surface area (Å²) in [6.45, 7) is 15.4. The first-order valence-electron chi connectivity index (χ1n) is 12.1. The Bertz CT molecular complexity index is 644. The van der Waals surface area contributed by atoms with Crippen molar-refractivity contribution in [2.24, 2.45) is 4.99 Å². The van der Waals surface area contributed by atoms with Crippen LogP contribution in [0.3, 0.4) is 0 Å². The molecule has 1 saturated heterocycles. The predicted molar refractivity (Wildman–Crippen MR) is 146 cm³/mol. The van der Waals surface area contributed by atoms with Gasteiger partial charge in [0, 0.05) is 31.2 Å². The van der Waals surface area contributed by atoms with E-state index in [1.54, 1.807) is 7.11 Å². The number of methoxy groups -OCH3 is 1. The van der Waals surface area contributed by atoms with E-state index in [4.69, 9.17) is 14.5 Å². The first kappa shape index (κ1) is 29.0. The Morgan fingerprint density at radius 2 is 1.81 bits per heavy atom. The molecule has 1 aliphatic rings. The molecule has 32 heavy (non-hydrogen) atoms. The maximum atomic E-state index is 5.68. The van der Waals surface area contributed by atoms with Crippen LogP contribution < -0.4 is 15.4 Å². The average Bonchev–Trinajstić information content (AvgIpc) is 2.81. The number of nitrogens with zero attached hydrogens (tertiary/aromatic N) is 2. The summed E-state index contributed by atoms with van der Waals surface area (Å²) in [5, 5.41) is 7.06. The molecule has 0 spiro atoms. The molecule has 0 bridgehead atoms. The molecule has 1 atom stereocenters. The molecule has 0 aliphatic carbocycles. The van der Waals surface area contributed by atoms with Crippen molar-refractivity contribution >= 4 is 29.9 Å². The standard InChI is InChI=1S/C25H44N4O2.HI/c1-6-26-24(28-21(4)10-9-17-29(7-2)8-3)27-20-25(15-18-31-19-16-25)22-11-13-23(30-5)14-12-22;/h11-14,21H,6-10,15-20H2,1-5H3,(H2,26,27,28);1H. The van der Waals surface area contributed by atoms with Gasteiger partial charge in [0.1, 0.15) is 5.75 Å². The molecular formula is C25H45IN4O2. The highest BCUT2D eigenvalue weighted by Crippen LogP contribution is 2.36. The molecule has 1 aliphatic heterocycles. The largest absolute Gasteiger partial charge is 0.497 e. The van der Waals surface area contributed by atoms with E-state index < -0.39 is 0 Å². The van der Waals surface area contributed by atoms with Gasteiger partial charge in [0.25, 0.3) is 0 Å². The summed E-state index contributed by atoms with van der Waals surface area (Å²) in [5.41, 5.74) is 1.34. The molecule has 6 nitrogen and oxygen atoms in total. The zero-order valence-electron chi connectivity index (χ0n) is 20.8. The lowest BCUT2D eigenvalue weighted by Gasteiger charge is -2.37. The number of ether oxygens (including phenoxy) is 2. The van der Waals surface area contributed by atoms with Crippen LogP contribution in [0, 0.1) is 0 Å². The lowest BCUT2D eigenvalue weighted by molar-refractivity contribution is 0.0531.